The average molecular weight is 480 g/mol. The second-order valence-electron chi connectivity index (χ2n) is 8.76. The summed E-state index contributed by atoms with van der Waals surface area (Å²) in [5, 5.41) is 3.60. The molecule has 2 aromatic rings. The molecule has 0 radical (unpaired) electrons. The second kappa shape index (κ2) is 8.89. The summed E-state index contributed by atoms with van der Waals surface area (Å²) in [5.74, 6) is -0.142. The van der Waals surface area contributed by atoms with Gasteiger partial charge in [0, 0.05) is 25.2 Å². The molecule has 176 valence electrons. The number of benzene rings is 2. The maximum Gasteiger partial charge on any atom is 0.416 e. The van der Waals surface area contributed by atoms with Gasteiger partial charge in [0.05, 0.1) is 11.1 Å². The molecule has 2 aliphatic rings. The minimum absolute atomic E-state index is 0.142. The molecule has 1 saturated carbocycles. The van der Waals surface area contributed by atoms with Crippen LogP contribution in [0.15, 0.2) is 48.5 Å². The largest absolute Gasteiger partial charge is 0.416 e. The van der Waals surface area contributed by atoms with Crippen molar-refractivity contribution in [1.29, 1.82) is 0 Å². The Bertz CT molecular complexity index is 1020. The summed E-state index contributed by atoms with van der Waals surface area (Å²) < 4.78 is 38.6. The normalized spacial score (nSPS) is 19.3. The van der Waals surface area contributed by atoms with Crippen molar-refractivity contribution in [3.05, 3.63) is 70.2 Å². The van der Waals surface area contributed by atoms with Crippen molar-refractivity contribution in [3.8, 4) is 0 Å². The van der Waals surface area contributed by atoms with Gasteiger partial charge < -0.3 is 15.1 Å². The van der Waals surface area contributed by atoms with E-state index in [9.17, 15) is 22.8 Å². The Labute approximate surface area is 195 Å². The molecule has 2 fully saturated rings. The average Bonchev–Trinajstić information content (AvgIpc) is 3.38. The van der Waals surface area contributed by atoms with Gasteiger partial charge in [-0.3, -0.25) is 4.79 Å². The third-order valence-electron chi connectivity index (χ3n) is 6.37. The van der Waals surface area contributed by atoms with E-state index in [0.29, 0.717) is 49.4 Å². The van der Waals surface area contributed by atoms with Gasteiger partial charge in [0.15, 0.2) is 0 Å². The lowest BCUT2D eigenvalue weighted by Crippen LogP contribution is -2.51. The zero-order valence-corrected chi connectivity index (χ0v) is 18.9. The highest BCUT2D eigenvalue weighted by molar-refractivity contribution is 6.30. The lowest BCUT2D eigenvalue weighted by molar-refractivity contribution is -0.137. The maximum absolute atomic E-state index is 13.1. The van der Waals surface area contributed by atoms with Gasteiger partial charge in [0.1, 0.15) is 6.04 Å². The van der Waals surface area contributed by atoms with Crippen molar-refractivity contribution in [3.63, 3.8) is 0 Å². The molecule has 1 unspecified atom stereocenters. The number of urea groups is 1. The zero-order chi connectivity index (χ0) is 23.8. The van der Waals surface area contributed by atoms with Crippen LogP contribution in [0.4, 0.5) is 18.0 Å². The van der Waals surface area contributed by atoms with Gasteiger partial charge >= 0.3 is 12.2 Å². The Balaban J connectivity index is 1.41. The number of hydrogen-bond acceptors (Lipinski definition) is 2. The molecular weight excluding hydrogens is 455 g/mol. The van der Waals surface area contributed by atoms with E-state index in [-0.39, 0.29) is 11.9 Å². The SMILES string of the molecule is CN(Cc1ccc(Cl)cc1)C(=O)C1CCCN1C(=O)NC1(c2ccc(C(F)(F)F)cc2)CC1. The fourth-order valence-electron chi connectivity index (χ4n) is 4.33. The van der Waals surface area contributed by atoms with Crippen LogP contribution in [0.3, 0.4) is 0 Å². The molecule has 1 saturated heterocycles. The molecule has 1 N–H and O–H groups in total. The number of likely N-dealkylation sites (tertiary alicyclic amines) is 1. The van der Waals surface area contributed by atoms with Gasteiger partial charge in [0.25, 0.3) is 0 Å². The number of rotatable bonds is 5. The maximum atomic E-state index is 13.1. The number of halogens is 4. The molecule has 4 rings (SSSR count). The van der Waals surface area contributed by atoms with Crippen molar-refractivity contribution in [2.75, 3.05) is 13.6 Å². The van der Waals surface area contributed by atoms with Crippen LogP contribution in [0.25, 0.3) is 0 Å². The molecule has 1 heterocycles. The summed E-state index contributed by atoms with van der Waals surface area (Å²) in [6.45, 7) is 0.859. The van der Waals surface area contributed by atoms with Crippen LogP contribution in [-0.2, 0) is 23.1 Å². The molecule has 2 aromatic carbocycles. The van der Waals surface area contributed by atoms with Gasteiger partial charge in [-0.1, -0.05) is 35.9 Å². The van der Waals surface area contributed by atoms with Crippen molar-refractivity contribution in [1.82, 2.24) is 15.1 Å². The number of amides is 3. The van der Waals surface area contributed by atoms with E-state index in [1.54, 1.807) is 29.0 Å². The molecule has 33 heavy (non-hydrogen) atoms. The van der Waals surface area contributed by atoms with Crippen LogP contribution >= 0.6 is 11.6 Å². The van der Waals surface area contributed by atoms with Crippen molar-refractivity contribution < 1.29 is 22.8 Å². The summed E-state index contributed by atoms with van der Waals surface area (Å²) in [5.41, 5.74) is 0.184. The van der Waals surface area contributed by atoms with Crippen molar-refractivity contribution >= 4 is 23.5 Å². The Morgan fingerprint density at radius 3 is 2.33 bits per heavy atom. The number of nitrogens with one attached hydrogen (secondary N) is 1. The number of alkyl halides is 3. The standard InChI is InChI=1S/C24H25ClF3N3O2/c1-30(15-16-4-10-19(25)11-5-16)21(32)20-3-2-14-31(20)22(33)29-23(12-13-23)17-6-8-18(9-7-17)24(26,27)28/h4-11,20H,2-3,12-15H2,1H3,(H,29,33). The molecule has 5 nitrogen and oxygen atoms in total. The Hall–Kier alpha value is -2.74. The van der Waals surface area contributed by atoms with Crippen LogP contribution in [0, 0.1) is 0 Å². The number of carbonyl (C=O) groups excluding carboxylic acids is 2. The van der Waals surface area contributed by atoms with Gasteiger partial charge in [-0.25, -0.2) is 4.79 Å². The first-order valence-electron chi connectivity index (χ1n) is 10.8. The van der Waals surface area contributed by atoms with E-state index in [2.05, 4.69) is 5.32 Å². The third kappa shape index (κ3) is 5.11. The molecule has 0 bridgehead atoms. The number of hydrogen-bond donors (Lipinski definition) is 1. The van der Waals surface area contributed by atoms with Crippen LogP contribution in [0.5, 0.6) is 0 Å². The zero-order valence-electron chi connectivity index (χ0n) is 18.2. The van der Waals surface area contributed by atoms with Gasteiger partial charge in [-0.05, 0) is 61.1 Å². The Morgan fingerprint density at radius 2 is 1.76 bits per heavy atom. The summed E-state index contributed by atoms with van der Waals surface area (Å²) in [4.78, 5) is 29.3. The number of carbonyl (C=O) groups is 2. The number of likely N-dealkylation sites (N-methyl/N-ethyl adjacent to an activating group) is 1. The van der Waals surface area contributed by atoms with Crippen LogP contribution < -0.4 is 5.32 Å². The molecule has 1 atom stereocenters. The van der Waals surface area contributed by atoms with E-state index in [1.165, 1.54) is 12.1 Å². The topological polar surface area (TPSA) is 52.7 Å². The molecule has 0 spiro atoms. The Morgan fingerprint density at radius 1 is 1.12 bits per heavy atom. The van der Waals surface area contributed by atoms with Gasteiger partial charge in [-0.15, -0.1) is 0 Å². The monoisotopic (exact) mass is 479 g/mol. The van der Waals surface area contributed by atoms with Crippen LogP contribution in [0.2, 0.25) is 5.02 Å². The minimum atomic E-state index is -4.40. The molecule has 1 aliphatic carbocycles. The first-order valence-corrected chi connectivity index (χ1v) is 11.2. The van der Waals surface area contributed by atoms with Gasteiger partial charge in [0.2, 0.25) is 5.91 Å². The quantitative estimate of drug-likeness (QED) is 0.642. The highest BCUT2D eigenvalue weighted by Crippen LogP contribution is 2.46. The first kappa shape index (κ1) is 23.4. The van der Waals surface area contributed by atoms with E-state index in [1.807, 2.05) is 12.1 Å². The summed E-state index contributed by atoms with van der Waals surface area (Å²) in [6, 6.07) is 11.2. The molecular formula is C24H25ClF3N3O2. The summed E-state index contributed by atoms with van der Waals surface area (Å²) in [6.07, 6.45) is -1.82. The van der Waals surface area contributed by atoms with Crippen molar-refractivity contribution in [2.45, 2.75) is 50.0 Å². The molecule has 1 aliphatic heterocycles. The molecule has 9 heteroatoms. The smallest absolute Gasteiger partial charge is 0.340 e. The predicted molar refractivity (Wildman–Crippen MR) is 119 cm³/mol. The second-order valence-corrected chi connectivity index (χ2v) is 9.20. The molecule has 0 aromatic heterocycles. The molecule has 3 amide bonds. The highest BCUT2D eigenvalue weighted by Gasteiger charge is 2.48. The van der Waals surface area contributed by atoms with E-state index < -0.39 is 23.3 Å². The first-order chi connectivity index (χ1) is 15.6. The van der Waals surface area contributed by atoms with Crippen LogP contribution in [0.1, 0.15) is 42.4 Å². The lowest BCUT2D eigenvalue weighted by Gasteiger charge is -2.30. The fraction of sp³-hybridized carbons (Fsp3) is 0.417. The van der Waals surface area contributed by atoms with Crippen LogP contribution in [-0.4, -0.2) is 41.4 Å². The Kier molecular flexibility index (Phi) is 6.31. The van der Waals surface area contributed by atoms with Crippen molar-refractivity contribution in [2.24, 2.45) is 0 Å². The third-order valence-corrected chi connectivity index (χ3v) is 6.62. The summed E-state index contributed by atoms with van der Waals surface area (Å²) in [7, 11) is 1.70. The lowest BCUT2D eigenvalue weighted by atomic mass is 10.0. The summed E-state index contributed by atoms with van der Waals surface area (Å²) >= 11 is 5.92. The van der Waals surface area contributed by atoms with E-state index in [0.717, 1.165) is 17.7 Å². The minimum Gasteiger partial charge on any atom is -0.340 e. The highest BCUT2D eigenvalue weighted by atomic mass is 35.5. The predicted octanol–water partition coefficient (Wildman–Crippen LogP) is 5.18. The van der Waals surface area contributed by atoms with E-state index in [4.69, 9.17) is 11.6 Å². The van der Waals surface area contributed by atoms with Gasteiger partial charge in [-0.2, -0.15) is 13.2 Å². The van der Waals surface area contributed by atoms with E-state index >= 15 is 0 Å². The number of nitrogens with zero attached hydrogens (tertiary/aromatic N) is 2. The fourth-order valence-corrected chi connectivity index (χ4v) is 4.45.